The maximum atomic E-state index is 12.8. The number of thioether (sulfide) groups is 1. The normalized spacial score (nSPS) is 22.4. The van der Waals surface area contributed by atoms with Crippen molar-refractivity contribution in [2.24, 2.45) is 10.8 Å². The highest BCUT2D eigenvalue weighted by Crippen LogP contribution is 2.47. The van der Waals surface area contributed by atoms with E-state index in [1.54, 1.807) is 6.26 Å². The predicted octanol–water partition coefficient (Wildman–Crippen LogP) is 7.19. The summed E-state index contributed by atoms with van der Waals surface area (Å²) in [5.41, 5.74) is 3.27. The molecule has 2 spiro atoms. The van der Waals surface area contributed by atoms with E-state index in [4.69, 9.17) is 12.2 Å². The van der Waals surface area contributed by atoms with Crippen LogP contribution in [0.5, 0.6) is 5.88 Å². The first-order valence-electron chi connectivity index (χ1n) is 16.7. The minimum atomic E-state index is -5.78. The van der Waals surface area contributed by atoms with E-state index in [2.05, 4.69) is 60.5 Å². The average molecular weight is 743 g/mol. The van der Waals surface area contributed by atoms with Gasteiger partial charge in [-0.1, -0.05) is 60.3 Å². The number of rotatable bonds is 3. The molecule has 2 aromatic heterocycles. The molecule has 8 rings (SSSR count). The number of halogens is 3. The van der Waals surface area contributed by atoms with Gasteiger partial charge in [0, 0.05) is 16.8 Å². The van der Waals surface area contributed by atoms with Crippen molar-refractivity contribution in [3.8, 4) is 5.88 Å². The van der Waals surface area contributed by atoms with Crippen molar-refractivity contribution in [1.82, 2.24) is 19.9 Å². The molecule has 14 heteroatoms. The number of aromatic nitrogens is 4. The summed E-state index contributed by atoms with van der Waals surface area (Å²) in [5.74, 6) is -0.497. The highest BCUT2D eigenvalue weighted by molar-refractivity contribution is 7.98. The molecule has 264 valence electrons. The SMILES string of the molecule is CSc1nc2c(c(OS(=O)(=O)C(F)(F)F)n1)CC[C@@]1(CCc3ccccc3C1)C2.O=c1[nH]c(=S)[nH]c2c1CC[C@@]1(CCc3ccccc3C1)C2. The molecule has 8 nitrogen and oxygen atoms in total. The summed E-state index contributed by atoms with van der Waals surface area (Å²) in [5, 5.41) is 0.199. The van der Waals surface area contributed by atoms with Gasteiger partial charge in [0.1, 0.15) is 0 Å². The van der Waals surface area contributed by atoms with Crippen molar-refractivity contribution in [3.63, 3.8) is 0 Å². The number of H-pyrrole nitrogens is 2. The van der Waals surface area contributed by atoms with Crippen molar-refractivity contribution >= 4 is 34.1 Å². The average Bonchev–Trinajstić information content (AvgIpc) is 3.07. The zero-order valence-electron chi connectivity index (χ0n) is 27.5. The fraction of sp³-hybridized carbons (Fsp3) is 0.444. The molecule has 0 fully saturated rings. The fourth-order valence-corrected chi connectivity index (χ4v) is 9.35. The molecule has 0 amide bonds. The number of hydrogen-bond donors (Lipinski definition) is 2. The molecular formula is C36H37F3N4O4S3. The van der Waals surface area contributed by atoms with E-state index in [9.17, 15) is 26.4 Å². The Bertz CT molecular complexity index is 2190. The van der Waals surface area contributed by atoms with E-state index in [-0.39, 0.29) is 16.1 Å². The van der Waals surface area contributed by atoms with Crippen LogP contribution in [0.25, 0.3) is 0 Å². The maximum Gasteiger partial charge on any atom is 0.534 e. The highest BCUT2D eigenvalue weighted by Gasteiger charge is 2.50. The van der Waals surface area contributed by atoms with E-state index in [0.717, 1.165) is 80.8 Å². The maximum absolute atomic E-state index is 12.8. The summed E-state index contributed by atoms with van der Waals surface area (Å²) < 4.78 is 66.3. The van der Waals surface area contributed by atoms with Crippen molar-refractivity contribution in [3.05, 3.63) is 108 Å². The Morgan fingerprint density at radius 1 is 0.780 bits per heavy atom. The lowest BCUT2D eigenvalue weighted by molar-refractivity contribution is -0.0502. The summed E-state index contributed by atoms with van der Waals surface area (Å²) in [4.78, 5) is 26.4. The smallest absolute Gasteiger partial charge is 0.355 e. The molecule has 0 bridgehead atoms. The number of nitrogens with one attached hydrogen (secondary N) is 2. The predicted molar refractivity (Wildman–Crippen MR) is 188 cm³/mol. The summed E-state index contributed by atoms with van der Waals surface area (Å²) in [6.45, 7) is 0. The quantitative estimate of drug-likeness (QED) is 0.0746. The van der Waals surface area contributed by atoms with Crippen molar-refractivity contribution in [1.29, 1.82) is 0 Å². The Morgan fingerprint density at radius 2 is 1.32 bits per heavy atom. The molecule has 0 saturated heterocycles. The van der Waals surface area contributed by atoms with Gasteiger partial charge < -0.3 is 9.17 Å². The van der Waals surface area contributed by atoms with Gasteiger partial charge in [-0.15, -0.1) is 0 Å². The van der Waals surface area contributed by atoms with Gasteiger partial charge in [0.2, 0.25) is 5.88 Å². The third kappa shape index (κ3) is 6.90. The molecule has 2 N–H and O–H groups in total. The van der Waals surface area contributed by atoms with Crippen LogP contribution in [0.3, 0.4) is 0 Å². The van der Waals surface area contributed by atoms with Crippen LogP contribution in [0.15, 0.2) is 58.5 Å². The first-order chi connectivity index (χ1) is 23.8. The van der Waals surface area contributed by atoms with Gasteiger partial charge in [0.15, 0.2) is 9.93 Å². The standard InChI is InChI=1S/C19H19F3N2O3S2.C17H18N2OS/c1-28-17-23-15-11-18(8-6-12-4-2-3-5-13(12)10-18)9-7-14(15)16(24-17)27-29(25,26)19(20,21)22;20-15-13-6-8-17(10-14(13)18-16(21)19-15)7-5-11-3-1-2-4-12(11)9-17/h2-5H,6-11H2,1H3;1-4H,5-10H2,(H2,18,19,20,21)/t18-;17-/m11/s1. The molecular weight excluding hydrogens is 706 g/mol. The Morgan fingerprint density at radius 3 is 1.90 bits per heavy atom. The van der Waals surface area contributed by atoms with Crippen LogP contribution in [0.2, 0.25) is 0 Å². The number of aromatic amines is 2. The van der Waals surface area contributed by atoms with E-state index in [0.29, 0.717) is 34.3 Å². The van der Waals surface area contributed by atoms with E-state index >= 15 is 0 Å². The molecule has 4 aliphatic rings. The Hall–Kier alpha value is -3.49. The van der Waals surface area contributed by atoms with E-state index in [1.807, 2.05) is 12.1 Å². The van der Waals surface area contributed by atoms with Crippen molar-refractivity contribution in [2.45, 2.75) is 87.7 Å². The second-order valence-electron chi connectivity index (χ2n) is 14.0. The number of hydrogen-bond acceptors (Lipinski definition) is 8. The molecule has 0 radical (unpaired) electrons. The van der Waals surface area contributed by atoms with E-state index in [1.165, 1.54) is 28.7 Å². The number of fused-ring (bicyclic) bond motifs is 4. The minimum Gasteiger partial charge on any atom is -0.355 e. The lowest BCUT2D eigenvalue weighted by atomic mass is 9.63. The largest absolute Gasteiger partial charge is 0.534 e. The lowest BCUT2D eigenvalue weighted by Gasteiger charge is -2.41. The monoisotopic (exact) mass is 742 g/mol. The van der Waals surface area contributed by atoms with Gasteiger partial charge in [0.25, 0.3) is 5.56 Å². The molecule has 4 aliphatic carbocycles. The summed E-state index contributed by atoms with van der Waals surface area (Å²) in [6.07, 6.45) is 12.5. The van der Waals surface area contributed by atoms with Crippen LogP contribution < -0.4 is 9.74 Å². The second kappa shape index (κ2) is 13.2. The number of alkyl halides is 3. The van der Waals surface area contributed by atoms with Gasteiger partial charge in [-0.3, -0.25) is 9.78 Å². The molecule has 0 aliphatic heterocycles. The van der Waals surface area contributed by atoms with E-state index < -0.39 is 21.5 Å². The van der Waals surface area contributed by atoms with Crippen LogP contribution in [-0.4, -0.2) is 40.1 Å². The lowest BCUT2D eigenvalue weighted by Crippen LogP contribution is -2.37. The first kappa shape index (κ1) is 34.9. The van der Waals surface area contributed by atoms with Crippen LogP contribution in [0, 0.1) is 15.6 Å². The first-order valence-corrected chi connectivity index (χ1v) is 19.7. The van der Waals surface area contributed by atoms with Crippen molar-refractivity contribution in [2.75, 3.05) is 6.26 Å². The highest BCUT2D eigenvalue weighted by atomic mass is 32.2. The molecule has 50 heavy (non-hydrogen) atoms. The molecule has 0 unspecified atom stereocenters. The minimum absolute atomic E-state index is 0.000176. The van der Waals surface area contributed by atoms with Gasteiger partial charge in [0.05, 0.1) is 5.69 Å². The zero-order valence-corrected chi connectivity index (χ0v) is 29.9. The number of aryl methyl sites for hydroxylation is 2. The Labute approximate surface area is 297 Å². The third-order valence-electron chi connectivity index (χ3n) is 10.9. The van der Waals surface area contributed by atoms with Crippen LogP contribution >= 0.6 is 24.0 Å². The molecule has 2 aromatic carbocycles. The third-order valence-corrected chi connectivity index (χ3v) is 12.6. The fourth-order valence-electron chi connectivity index (χ4n) is 8.32. The summed E-state index contributed by atoms with van der Waals surface area (Å²) in [7, 11) is -5.78. The molecule has 0 saturated carbocycles. The van der Waals surface area contributed by atoms with Crippen LogP contribution in [0.1, 0.15) is 70.5 Å². The number of benzene rings is 2. The van der Waals surface area contributed by atoms with Crippen LogP contribution in [-0.2, 0) is 61.5 Å². The van der Waals surface area contributed by atoms with Gasteiger partial charge >= 0.3 is 15.6 Å². The van der Waals surface area contributed by atoms with Gasteiger partial charge in [-0.25, -0.2) is 4.98 Å². The second-order valence-corrected chi connectivity index (χ2v) is 16.8. The number of nitrogens with zero attached hydrogens (tertiary/aromatic N) is 2. The summed E-state index contributed by atoms with van der Waals surface area (Å²) >= 11 is 6.26. The van der Waals surface area contributed by atoms with Gasteiger partial charge in [-0.05, 0) is 129 Å². The topological polar surface area (TPSA) is 118 Å². The molecule has 4 aromatic rings. The Kier molecular flexibility index (Phi) is 9.25. The molecule has 2 atom stereocenters. The van der Waals surface area contributed by atoms with Crippen molar-refractivity contribution < 1.29 is 25.8 Å². The van der Waals surface area contributed by atoms with Gasteiger partial charge in [-0.2, -0.15) is 26.6 Å². The Balaban J connectivity index is 0.000000165. The van der Waals surface area contributed by atoms with Crippen LogP contribution in [0.4, 0.5) is 13.2 Å². The molecule has 2 heterocycles. The zero-order chi connectivity index (χ0) is 35.3. The summed E-state index contributed by atoms with van der Waals surface area (Å²) in [6, 6.07) is 17.0.